The van der Waals surface area contributed by atoms with Crippen molar-refractivity contribution in [2.24, 2.45) is 0 Å². The van der Waals surface area contributed by atoms with Gasteiger partial charge in [0.15, 0.2) is 0 Å². The monoisotopic (exact) mass is 377 g/mol. The third kappa shape index (κ3) is 6.06. The first kappa shape index (κ1) is 19.8. The number of rotatable bonds is 9. The summed E-state index contributed by atoms with van der Waals surface area (Å²) >= 11 is 6.05. The van der Waals surface area contributed by atoms with E-state index in [1.54, 1.807) is 18.2 Å². The Morgan fingerprint density at radius 2 is 1.88 bits per heavy atom. The molecule has 0 aliphatic rings. The first-order valence-electron chi connectivity index (χ1n) is 7.96. The largest absolute Gasteiger partial charge is 0.495 e. The van der Waals surface area contributed by atoms with Crippen molar-refractivity contribution in [1.82, 2.24) is 5.32 Å². The second-order valence-electron chi connectivity index (χ2n) is 5.61. The molecule has 0 fully saturated rings. The summed E-state index contributed by atoms with van der Waals surface area (Å²) in [6.45, 7) is 0.0577. The van der Waals surface area contributed by atoms with Gasteiger partial charge in [0.05, 0.1) is 18.7 Å². The predicted octanol–water partition coefficient (Wildman–Crippen LogP) is 2.68. The lowest BCUT2D eigenvalue weighted by Gasteiger charge is -2.15. The summed E-state index contributed by atoms with van der Waals surface area (Å²) in [5, 5.41) is 12.2. The number of amides is 1. The van der Waals surface area contributed by atoms with Gasteiger partial charge >= 0.3 is 5.97 Å². The van der Waals surface area contributed by atoms with E-state index in [-0.39, 0.29) is 19.6 Å². The molecule has 0 unspecified atom stereocenters. The Morgan fingerprint density at radius 3 is 2.50 bits per heavy atom. The standard InChI is InChI=1S/C19H20ClNO5/c1-25-17-8-7-14(9-15(17)20)10-16(19(23)24)21-18(22)12-26-11-13-5-3-2-4-6-13/h2-9,16H,10-12H2,1H3,(H,21,22)(H,23,24)/t16-/m1/s1. The number of halogens is 1. The van der Waals surface area contributed by atoms with Crippen LogP contribution in [0.3, 0.4) is 0 Å². The molecule has 2 aromatic rings. The first-order valence-corrected chi connectivity index (χ1v) is 8.33. The molecule has 26 heavy (non-hydrogen) atoms. The van der Waals surface area contributed by atoms with Crippen LogP contribution in [0.5, 0.6) is 5.75 Å². The Hall–Kier alpha value is -2.57. The third-order valence-electron chi connectivity index (χ3n) is 3.63. The van der Waals surface area contributed by atoms with Crippen molar-refractivity contribution in [3.8, 4) is 5.75 Å². The van der Waals surface area contributed by atoms with E-state index in [1.165, 1.54) is 7.11 Å². The van der Waals surface area contributed by atoms with E-state index in [2.05, 4.69) is 5.32 Å². The highest BCUT2D eigenvalue weighted by Gasteiger charge is 2.21. The lowest BCUT2D eigenvalue weighted by Crippen LogP contribution is -2.43. The molecule has 0 aromatic heterocycles. The number of hydrogen-bond donors (Lipinski definition) is 2. The average molecular weight is 378 g/mol. The topological polar surface area (TPSA) is 84.9 Å². The Bertz CT molecular complexity index is 751. The molecule has 0 saturated heterocycles. The zero-order valence-corrected chi connectivity index (χ0v) is 15.0. The quantitative estimate of drug-likeness (QED) is 0.701. The van der Waals surface area contributed by atoms with Gasteiger partial charge in [0.2, 0.25) is 5.91 Å². The highest BCUT2D eigenvalue weighted by Crippen LogP contribution is 2.25. The van der Waals surface area contributed by atoms with Crippen LogP contribution < -0.4 is 10.1 Å². The van der Waals surface area contributed by atoms with Crippen molar-refractivity contribution in [3.63, 3.8) is 0 Å². The maximum absolute atomic E-state index is 12.0. The fraction of sp³-hybridized carbons (Fsp3) is 0.263. The molecule has 2 aromatic carbocycles. The molecule has 0 saturated carbocycles. The SMILES string of the molecule is COc1ccc(C[C@@H](NC(=O)COCc2ccccc2)C(=O)O)cc1Cl. The highest BCUT2D eigenvalue weighted by atomic mass is 35.5. The Kier molecular flexibility index (Phi) is 7.44. The highest BCUT2D eigenvalue weighted by molar-refractivity contribution is 6.32. The smallest absolute Gasteiger partial charge is 0.326 e. The number of nitrogens with one attached hydrogen (secondary N) is 1. The van der Waals surface area contributed by atoms with E-state index in [0.717, 1.165) is 5.56 Å². The minimum absolute atomic E-state index is 0.101. The molecule has 2 rings (SSSR count). The molecule has 0 bridgehead atoms. The summed E-state index contributed by atoms with van der Waals surface area (Å²) in [4.78, 5) is 23.4. The fourth-order valence-electron chi connectivity index (χ4n) is 2.34. The zero-order chi connectivity index (χ0) is 18.9. The van der Waals surface area contributed by atoms with Gasteiger partial charge in [-0.05, 0) is 23.3 Å². The Balaban J connectivity index is 1.87. The van der Waals surface area contributed by atoms with Crippen LogP contribution in [0, 0.1) is 0 Å². The number of carbonyl (C=O) groups excluding carboxylic acids is 1. The van der Waals surface area contributed by atoms with Crippen LogP contribution in [0.25, 0.3) is 0 Å². The minimum Gasteiger partial charge on any atom is -0.495 e. The molecule has 1 atom stereocenters. The van der Waals surface area contributed by atoms with E-state index in [1.807, 2.05) is 30.3 Å². The van der Waals surface area contributed by atoms with E-state index in [4.69, 9.17) is 21.1 Å². The number of benzene rings is 2. The second kappa shape index (κ2) is 9.79. The summed E-state index contributed by atoms with van der Waals surface area (Å²) in [5.74, 6) is -1.12. The lowest BCUT2D eigenvalue weighted by atomic mass is 10.1. The van der Waals surface area contributed by atoms with E-state index < -0.39 is 17.9 Å². The van der Waals surface area contributed by atoms with Gasteiger partial charge in [-0.3, -0.25) is 4.79 Å². The maximum Gasteiger partial charge on any atom is 0.326 e. The Labute approximate surface area is 156 Å². The fourth-order valence-corrected chi connectivity index (χ4v) is 2.62. The van der Waals surface area contributed by atoms with Gasteiger partial charge in [-0.2, -0.15) is 0 Å². The number of carboxylic acids is 1. The van der Waals surface area contributed by atoms with Crippen molar-refractivity contribution in [3.05, 3.63) is 64.7 Å². The molecule has 1 amide bonds. The minimum atomic E-state index is -1.13. The van der Waals surface area contributed by atoms with E-state index in [9.17, 15) is 14.7 Å². The zero-order valence-electron chi connectivity index (χ0n) is 14.3. The van der Waals surface area contributed by atoms with E-state index >= 15 is 0 Å². The van der Waals surface area contributed by atoms with Crippen LogP contribution in [0.15, 0.2) is 48.5 Å². The molecule has 6 nitrogen and oxygen atoms in total. The van der Waals surface area contributed by atoms with Crippen LogP contribution in [0.2, 0.25) is 5.02 Å². The van der Waals surface area contributed by atoms with Crippen molar-refractivity contribution < 1.29 is 24.2 Å². The summed E-state index contributed by atoms with van der Waals surface area (Å²) < 4.78 is 10.4. The van der Waals surface area contributed by atoms with Crippen molar-refractivity contribution in [2.75, 3.05) is 13.7 Å². The van der Waals surface area contributed by atoms with Crippen molar-refractivity contribution in [1.29, 1.82) is 0 Å². The average Bonchev–Trinajstić information content (AvgIpc) is 2.62. The maximum atomic E-state index is 12.0. The summed E-state index contributed by atoms with van der Waals surface area (Å²) in [7, 11) is 1.50. The van der Waals surface area contributed by atoms with Gasteiger partial charge in [0.25, 0.3) is 0 Å². The normalized spacial score (nSPS) is 11.6. The number of aliphatic carboxylic acids is 1. The number of methoxy groups -OCH3 is 1. The molecular formula is C19H20ClNO5. The van der Waals surface area contributed by atoms with Crippen molar-refractivity contribution in [2.45, 2.75) is 19.1 Å². The number of hydrogen-bond acceptors (Lipinski definition) is 4. The summed E-state index contributed by atoms with van der Waals surface area (Å²) in [6, 6.07) is 13.3. The van der Waals surface area contributed by atoms with Gasteiger partial charge in [0.1, 0.15) is 18.4 Å². The van der Waals surface area contributed by atoms with Gasteiger partial charge in [-0.15, -0.1) is 0 Å². The Morgan fingerprint density at radius 1 is 1.15 bits per heavy atom. The molecule has 0 radical (unpaired) electrons. The molecule has 0 aliphatic carbocycles. The molecule has 138 valence electrons. The number of carboxylic acid groups (broad SMARTS) is 1. The third-order valence-corrected chi connectivity index (χ3v) is 3.93. The van der Waals surface area contributed by atoms with Crippen molar-refractivity contribution >= 4 is 23.5 Å². The summed E-state index contributed by atoms with van der Waals surface area (Å²) in [6.07, 6.45) is 0.101. The van der Waals surface area contributed by atoms with E-state index in [0.29, 0.717) is 16.3 Å². The second-order valence-corrected chi connectivity index (χ2v) is 6.02. The molecule has 7 heteroatoms. The van der Waals surface area contributed by atoms with Gasteiger partial charge < -0.3 is 19.9 Å². The first-order chi connectivity index (χ1) is 12.5. The molecule has 0 heterocycles. The van der Waals surface area contributed by atoms with Gasteiger partial charge in [-0.25, -0.2) is 4.79 Å². The predicted molar refractivity (Wildman–Crippen MR) is 97.4 cm³/mol. The van der Waals surface area contributed by atoms with Crippen LogP contribution in [0.4, 0.5) is 0 Å². The summed E-state index contributed by atoms with van der Waals surface area (Å²) in [5.41, 5.74) is 1.61. The van der Waals surface area contributed by atoms with Gasteiger partial charge in [0, 0.05) is 6.42 Å². The molecular weight excluding hydrogens is 358 g/mol. The van der Waals surface area contributed by atoms with Crippen LogP contribution >= 0.6 is 11.6 Å². The molecule has 0 aliphatic heterocycles. The van der Waals surface area contributed by atoms with Crippen LogP contribution in [-0.2, 0) is 27.4 Å². The number of carbonyl (C=O) groups is 2. The number of ether oxygens (including phenoxy) is 2. The lowest BCUT2D eigenvalue weighted by molar-refractivity contribution is -0.142. The van der Waals surface area contributed by atoms with Crippen LogP contribution in [0.1, 0.15) is 11.1 Å². The molecule has 0 spiro atoms. The molecule has 2 N–H and O–H groups in total. The van der Waals surface area contributed by atoms with Gasteiger partial charge in [-0.1, -0.05) is 48.0 Å². The van der Waals surface area contributed by atoms with Crippen LogP contribution in [-0.4, -0.2) is 36.7 Å².